The first-order chi connectivity index (χ1) is 8.20. The van der Waals surface area contributed by atoms with Gasteiger partial charge in [0.25, 0.3) is 5.91 Å². The first-order valence-electron chi connectivity index (χ1n) is 5.60. The Morgan fingerprint density at radius 2 is 2.41 bits per heavy atom. The van der Waals surface area contributed by atoms with E-state index in [1.54, 1.807) is 23.7 Å². The summed E-state index contributed by atoms with van der Waals surface area (Å²) in [5.74, 6) is -0.0677. The zero-order chi connectivity index (χ0) is 12.3. The molecule has 2 heterocycles. The Morgan fingerprint density at radius 1 is 1.59 bits per heavy atom. The molecule has 1 amide bonds. The van der Waals surface area contributed by atoms with Gasteiger partial charge < -0.3 is 5.32 Å². The number of amides is 1. The molecule has 0 saturated carbocycles. The van der Waals surface area contributed by atoms with Crippen LogP contribution in [-0.2, 0) is 6.42 Å². The number of aromatic amines is 1. The summed E-state index contributed by atoms with van der Waals surface area (Å²) in [7, 11) is 0. The zero-order valence-electron chi connectivity index (χ0n) is 9.91. The van der Waals surface area contributed by atoms with Crippen LogP contribution < -0.4 is 5.32 Å². The van der Waals surface area contributed by atoms with Gasteiger partial charge in [0.2, 0.25) is 0 Å². The molecule has 90 valence electrons. The van der Waals surface area contributed by atoms with E-state index in [9.17, 15) is 4.79 Å². The molecule has 2 N–H and O–H groups in total. The number of carbonyl (C=O) groups excluding carboxylic acids is 1. The molecule has 4 nitrogen and oxygen atoms in total. The van der Waals surface area contributed by atoms with Gasteiger partial charge in [-0.05, 0) is 25.0 Å². The zero-order valence-corrected chi connectivity index (χ0v) is 10.7. The Morgan fingerprint density at radius 3 is 3.06 bits per heavy atom. The van der Waals surface area contributed by atoms with Crippen molar-refractivity contribution in [1.29, 1.82) is 0 Å². The van der Waals surface area contributed by atoms with Gasteiger partial charge in [0.05, 0.1) is 16.8 Å². The number of hydrogen-bond donors (Lipinski definition) is 2. The van der Waals surface area contributed by atoms with E-state index >= 15 is 0 Å². The lowest BCUT2D eigenvalue weighted by atomic mass is 10.1. The fourth-order valence-corrected chi connectivity index (χ4v) is 2.63. The molecule has 0 spiro atoms. The molecule has 2 aromatic heterocycles. The highest BCUT2D eigenvalue weighted by Crippen LogP contribution is 2.23. The quantitative estimate of drug-likeness (QED) is 0.875. The van der Waals surface area contributed by atoms with E-state index in [0.717, 1.165) is 17.7 Å². The molecule has 0 aliphatic heterocycles. The topological polar surface area (TPSA) is 57.8 Å². The number of rotatable bonds is 4. The minimum absolute atomic E-state index is 0.0677. The lowest BCUT2D eigenvalue weighted by molar-refractivity contribution is 0.103. The average Bonchev–Trinajstić information content (AvgIpc) is 2.90. The molecule has 2 rings (SSSR count). The van der Waals surface area contributed by atoms with Gasteiger partial charge in [-0.1, -0.05) is 13.3 Å². The van der Waals surface area contributed by atoms with Gasteiger partial charge in [-0.2, -0.15) is 5.10 Å². The first-order valence-corrected chi connectivity index (χ1v) is 6.41. The van der Waals surface area contributed by atoms with Crippen LogP contribution in [0.2, 0.25) is 0 Å². The van der Waals surface area contributed by atoms with Crippen LogP contribution in [0.4, 0.5) is 5.69 Å². The van der Waals surface area contributed by atoms with Gasteiger partial charge in [0, 0.05) is 11.1 Å². The molecule has 0 aromatic carbocycles. The highest BCUT2D eigenvalue weighted by Gasteiger charge is 2.12. The first kappa shape index (κ1) is 11.9. The van der Waals surface area contributed by atoms with E-state index in [-0.39, 0.29) is 5.91 Å². The molecule has 0 aliphatic carbocycles. The molecule has 0 saturated heterocycles. The number of anilines is 1. The second-order valence-electron chi connectivity index (χ2n) is 3.88. The third-order valence-electron chi connectivity index (χ3n) is 2.52. The van der Waals surface area contributed by atoms with Crippen molar-refractivity contribution in [2.75, 3.05) is 5.32 Å². The Bertz CT molecular complexity index is 502. The molecule has 0 radical (unpaired) electrons. The molecule has 5 heteroatoms. The largest absolute Gasteiger partial charge is 0.319 e. The Labute approximate surface area is 104 Å². The maximum Gasteiger partial charge on any atom is 0.265 e. The number of carbonyl (C=O) groups is 1. The number of hydrogen-bond acceptors (Lipinski definition) is 3. The summed E-state index contributed by atoms with van der Waals surface area (Å²) >= 11 is 1.54. The van der Waals surface area contributed by atoms with E-state index in [1.165, 1.54) is 10.4 Å². The highest BCUT2D eigenvalue weighted by atomic mass is 32.1. The summed E-state index contributed by atoms with van der Waals surface area (Å²) in [5.41, 5.74) is 1.97. The van der Waals surface area contributed by atoms with Crippen LogP contribution in [0, 0.1) is 6.92 Å². The van der Waals surface area contributed by atoms with Gasteiger partial charge in [-0.15, -0.1) is 11.3 Å². The molecular formula is C12H15N3OS. The number of H-pyrrole nitrogens is 1. The summed E-state index contributed by atoms with van der Waals surface area (Å²) in [6.07, 6.45) is 5.37. The maximum absolute atomic E-state index is 11.9. The highest BCUT2D eigenvalue weighted by molar-refractivity contribution is 7.14. The summed E-state index contributed by atoms with van der Waals surface area (Å²) in [4.78, 5) is 13.9. The normalized spacial score (nSPS) is 10.5. The standard InChI is InChI=1S/C12H15N3OS/c1-3-4-9-5-11(17-8(9)2)12(16)15-10-6-13-14-7-10/h5-7H,3-4H2,1-2H3,(H,13,14)(H,15,16). The van der Waals surface area contributed by atoms with Crippen molar-refractivity contribution in [3.63, 3.8) is 0 Å². The van der Waals surface area contributed by atoms with Crippen molar-refractivity contribution in [1.82, 2.24) is 10.2 Å². The van der Waals surface area contributed by atoms with E-state index in [1.807, 2.05) is 6.07 Å². The van der Waals surface area contributed by atoms with Crippen molar-refractivity contribution in [3.8, 4) is 0 Å². The molecule has 17 heavy (non-hydrogen) atoms. The van der Waals surface area contributed by atoms with Crippen molar-refractivity contribution in [2.24, 2.45) is 0 Å². The molecule has 0 bridgehead atoms. The van der Waals surface area contributed by atoms with Crippen LogP contribution in [0.3, 0.4) is 0 Å². The van der Waals surface area contributed by atoms with Gasteiger partial charge in [0.1, 0.15) is 0 Å². The van der Waals surface area contributed by atoms with Crippen LogP contribution >= 0.6 is 11.3 Å². The average molecular weight is 249 g/mol. The maximum atomic E-state index is 11.9. The van der Waals surface area contributed by atoms with E-state index in [2.05, 4.69) is 29.4 Å². The van der Waals surface area contributed by atoms with Gasteiger partial charge in [0.15, 0.2) is 0 Å². The fraction of sp³-hybridized carbons (Fsp3) is 0.333. The van der Waals surface area contributed by atoms with E-state index in [0.29, 0.717) is 5.69 Å². The second-order valence-corrected chi connectivity index (χ2v) is 5.14. The van der Waals surface area contributed by atoms with Crippen LogP contribution in [0.25, 0.3) is 0 Å². The number of nitrogens with one attached hydrogen (secondary N) is 2. The fourth-order valence-electron chi connectivity index (χ4n) is 1.66. The van der Waals surface area contributed by atoms with Crippen molar-refractivity contribution in [3.05, 3.63) is 33.8 Å². The Balaban J connectivity index is 2.11. The van der Waals surface area contributed by atoms with Crippen LogP contribution in [0.1, 0.15) is 33.5 Å². The summed E-state index contributed by atoms with van der Waals surface area (Å²) in [6.45, 7) is 4.20. The van der Waals surface area contributed by atoms with Crippen molar-refractivity contribution < 1.29 is 4.79 Å². The lowest BCUT2D eigenvalue weighted by Gasteiger charge is -1.97. The van der Waals surface area contributed by atoms with Gasteiger partial charge in [-0.25, -0.2) is 0 Å². The predicted molar refractivity (Wildman–Crippen MR) is 69.6 cm³/mol. The molecular weight excluding hydrogens is 234 g/mol. The summed E-state index contributed by atoms with van der Waals surface area (Å²) < 4.78 is 0. The van der Waals surface area contributed by atoms with Gasteiger partial charge in [-0.3, -0.25) is 9.89 Å². The Kier molecular flexibility index (Phi) is 3.58. The van der Waals surface area contributed by atoms with Crippen molar-refractivity contribution in [2.45, 2.75) is 26.7 Å². The third kappa shape index (κ3) is 2.74. The monoisotopic (exact) mass is 249 g/mol. The summed E-state index contributed by atoms with van der Waals surface area (Å²) in [5, 5.41) is 9.25. The van der Waals surface area contributed by atoms with E-state index < -0.39 is 0 Å². The van der Waals surface area contributed by atoms with Crippen LogP contribution in [0.5, 0.6) is 0 Å². The van der Waals surface area contributed by atoms with Gasteiger partial charge >= 0.3 is 0 Å². The minimum atomic E-state index is -0.0677. The molecule has 0 unspecified atom stereocenters. The number of aryl methyl sites for hydroxylation is 2. The number of nitrogens with zero attached hydrogens (tertiary/aromatic N) is 1. The molecule has 2 aromatic rings. The summed E-state index contributed by atoms with van der Waals surface area (Å²) in [6, 6.07) is 1.99. The van der Waals surface area contributed by atoms with E-state index in [4.69, 9.17) is 0 Å². The molecule has 0 aliphatic rings. The molecule has 0 atom stereocenters. The second kappa shape index (κ2) is 5.14. The smallest absolute Gasteiger partial charge is 0.265 e. The number of aromatic nitrogens is 2. The molecule has 0 fully saturated rings. The van der Waals surface area contributed by atoms with Crippen LogP contribution in [-0.4, -0.2) is 16.1 Å². The third-order valence-corrected chi connectivity index (χ3v) is 3.61. The predicted octanol–water partition coefficient (Wildman–Crippen LogP) is 2.98. The lowest BCUT2D eigenvalue weighted by Crippen LogP contribution is -2.09. The number of thiophene rings is 1. The Hall–Kier alpha value is -1.62. The minimum Gasteiger partial charge on any atom is -0.319 e. The van der Waals surface area contributed by atoms with Crippen LogP contribution in [0.15, 0.2) is 18.5 Å². The SMILES string of the molecule is CCCc1cc(C(=O)Nc2cn[nH]c2)sc1C. The van der Waals surface area contributed by atoms with Crippen molar-refractivity contribution >= 4 is 22.9 Å².